The van der Waals surface area contributed by atoms with Gasteiger partial charge in [0.15, 0.2) is 5.78 Å². The van der Waals surface area contributed by atoms with Crippen molar-refractivity contribution >= 4 is 5.78 Å². The van der Waals surface area contributed by atoms with Crippen molar-refractivity contribution in [1.29, 1.82) is 0 Å². The molecule has 0 heterocycles. The lowest BCUT2D eigenvalue weighted by Gasteiger charge is -2.29. The van der Waals surface area contributed by atoms with E-state index in [1.807, 2.05) is 12.1 Å². The molecule has 2 fully saturated rings. The van der Waals surface area contributed by atoms with Gasteiger partial charge in [0.25, 0.3) is 0 Å². The molecule has 0 spiro atoms. The highest BCUT2D eigenvalue weighted by Gasteiger charge is 2.22. The number of benzene rings is 1. The normalized spacial score (nSPS) is 28.9. The SMILES string of the molecule is C=CC(=O)c1ccc(C2CCC(C=CC3CCC(CCC)CC3)CC2)cc1. The molecule has 1 aromatic rings. The molecule has 2 aliphatic rings. The van der Waals surface area contributed by atoms with Crippen LogP contribution in [0.15, 0.2) is 49.1 Å². The number of rotatable bonds is 7. The molecule has 0 N–H and O–H groups in total. The Balaban J connectivity index is 1.44. The number of carbonyl (C=O) groups excluding carboxylic acids is 1. The molecule has 0 amide bonds. The molecular weight excluding hydrogens is 328 g/mol. The zero-order valence-electron chi connectivity index (χ0n) is 17.0. The van der Waals surface area contributed by atoms with E-state index >= 15 is 0 Å². The standard InChI is InChI=1S/C26H36O/c1-3-5-20-6-8-21(9-7-20)10-11-22-12-14-23(15-13-22)24-16-18-25(19-17-24)26(27)4-2/h4,10-11,16-23H,2-3,5-9,12-15H2,1H3. The molecular formula is C26H36O. The second-order valence-corrected chi connectivity index (χ2v) is 8.76. The molecule has 2 saturated carbocycles. The Bertz CT molecular complexity index is 623. The highest BCUT2D eigenvalue weighted by atomic mass is 16.1. The first-order valence-electron chi connectivity index (χ1n) is 11.1. The predicted octanol–water partition coefficient (Wildman–Crippen LogP) is 7.49. The molecule has 0 unspecified atom stereocenters. The monoisotopic (exact) mass is 364 g/mol. The van der Waals surface area contributed by atoms with E-state index in [-0.39, 0.29) is 5.78 Å². The van der Waals surface area contributed by atoms with Crippen LogP contribution in [0.2, 0.25) is 0 Å². The van der Waals surface area contributed by atoms with Crippen LogP contribution >= 0.6 is 0 Å². The van der Waals surface area contributed by atoms with Crippen molar-refractivity contribution in [3.8, 4) is 0 Å². The van der Waals surface area contributed by atoms with Gasteiger partial charge in [-0.25, -0.2) is 0 Å². The molecule has 3 rings (SSSR count). The molecule has 0 bridgehead atoms. The molecule has 1 aromatic carbocycles. The van der Waals surface area contributed by atoms with Gasteiger partial charge in [-0.3, -0.25) is 4.79 Å². The maximum absolute atomic E-state index is 11.7. The Morgan fingerprint density at radius 2 is 1.48 bits per heavy atom. The fourth-order valence-electron chi connectivity index (χ4n) is 5.07. The minimum atomic E-state index is 0.0131. The minimum Gasteiger partial charge on any atom is -0.289 e. The van der Waals surface area contributed by atoms with Gasteiger partial charge in [0, 0.05) is 5.56 Å². The Labute approximate surface area is 166 Å². The van der Waals surface area contributed by atoms with Gasteiger partial charge < -0.3 is 0 Å². The first-order valence-corrected chi connectivity index (χ1v) is 11.1. The summed E-state index contributed by atoms with van der Waals surface area (Å²) in [6, 6.07) is 8.21. The first kappa shape index (κ1) is 20.1. The van der Waals surface area contributed by atoms with Crippen molar-refractivity contribution in [3.05, 3.63) is 60.2 Å². The van der Waals surface area contributed by atoms with Crippen molar-refractivity contribution in [2.75, 3.05) is 0 Å². The van der Waals surface area contributed by atoms with E-state index in [1.165, 1.54) is 75.8 Å². The van der Waals surface area contributed by atoms with Crippen molar-refractivity contribution < 1.29 is 4.79 Å². The van der Waals surface area contributed by atoms with Gasteiger partial charge in [-0.15, -0.1) is 0 Å². The molecule has 0 radical (unpaired) electrons. The molecule has 1 nitrogen and oxygen atoms in total. The third-order valence-corrected chi connectivity index (χ3v) is 6.87. The molecule has 146 valence electrons. The van der Waals surface area contributed by atoms with Crippen molar-refractivity contribution in [1.82, 2.24) is 0 Å². The highest BCUT2D eigenvalue weighted by molar-refractivity contribution is 6.04. The summed E-state index contributed by atoms with van der Waals surface area (Å²) < 4.78 is 0. The van der Waals surface area contributed by atoms with Crippen LogP contribution in [0.5, 0.6) is 0 Å². The Hall–Kier alpha value is -1.63. The molecule has 1 heteroatoms. The topological polar surface area (TPSA) is 17.1 Å². The maximum Gasteiger partial charge on any atom is 0.185 e. The number of hydrogen-bond acceptors (Lipinski definition) is 1. The summed E-state index contributed by atoms with van der Waals surface area (Å²) in [6.45, 7) is 5.88. The van der Waals surface area contributed by atoms with Crippen LogP contribution in [0.25, 0.3) is 0 Å². The average Bonchev–Trinajstić information content (AvgIpc) is 2.73. The largest absolute Gasteiger partial charge is 0.289 e. The van der Waals surface area contributed by atoms with Crippen LogP contribution in [-0.4, -0.2) is 5.78 Å². The minimum absolute atomic E-state index is 0.0131. The summed E-state index contributed by atoms with van der Waals surface area (Å²) in [5, 5.41) is 0. The summed E-state index contributed by atoms with van der Waals surface area (Å²) in [6.07, 6.45) is 20.1. The highest BCUT2D eigenvalue weighted by Crippen LogP contribution is 2.37. The van der Waals surface area contributed by atoms with Gasteiger partial charge in [0.05, 0.1) is 0 Å². The van der Waals surface area contributed by atoms with Gasteiger partial charge in [-0.05, 0) is 86.7 Å². The lowest BCUT2D eigenvalue weighted by Crippen LogP contribution is -2.14. The number of ketones is 1. The number of allylic oxidation sites excluding steroid dienone is 3. The fraction of sp³-hybridized carbons (Fsp3) is 0.577. The smallest absolute Gasteiger partial charge is 0.185 e. The van der Waals surface area contributed by atoms with E-state index in [0.717, 1.165) is 23.3 Å². The third kappa shape index (κ3) is 5.67. The number of carbonyl (C=O) groups is 1. The van der Waals surface area contributed by atoms with Crippen molar-refractivity contribution in [2.24, 2.45) is 17.8 Å². The van der Waals surface area contributed by atoms with Crippen molar-refractivity contribution in [3.63, 3.8) is 0 Å². The molecule has 0 saturated heterocycles. The van der Waals surface area contributed by atoms with E-state index in [0.29, 0.717) is 5.92 Å². The van der Waals surface area contributed by atoms with Gasteiger partial charge in [-0.2, -0.15) is 0 Å². The summed E-state index contributed by atoms with van der Waals surface area (Å²) in [5.74, 6) is 3.29. The molecule has 27 heavy (non-hydrogen) atoms. The van der Waals surface area contributed by atoms with Crippen LogP contribution in [0.3, 0.4) is 0 Å². The Morgan fingerprint density at radius 3 is 2.00 bits per heavy atom. The molecule has 0 aliphatic heterocycles. The van der Waals surface area contributed by atoms with Crippen molar-refractivity contribution in [2.45, 2.75) is 77.0 Å². The van der Waals surface area contributed by atoms with Gasteiger partial charge in [0.2, 0.25) is 0 Å². The van der Waals surface area contributed by atoms with E-state index in [9.17, 15) is 4.79 Å². The maximum atomic E-state index is 11.7. The van der Waals surface area contributed by atoms with Crippen LogP contribution in [0.4, 0.5) is 0 Å². The van der Waals surface area contributed by atoms with Crippen LogP contribution < -0.4 is 0 Å². The van der Waals surface area contributed by atoms with Gasteiger partial charge in [-0.1, -0.05) is 62.8 Å². The molecule has 0 atom stereocenters. The number of hydrogen-bond donors (Lipinski definition) is 0. The van der Waals surface area contributed by atoms with Crippen LogP contribution in [0, 0.1) is 17.8 Å². The Kier molecular flexibility index (Phi) is 7.50. The summed E-state index contributed by atoms with van der Waals surface area (Å²) >= 11 is 0. The second-order valence-electron chi connectivity index (χ2n) is 8.76. The molecule has 0 aromatic heterocycles. The summed E-state index contributed by atoms with van der Waals surface area (Å²) in [4.78, 5) is 11.7. The van der Waals surface area contributed by atoms with E-state index in [1.54, 1.807) is 0 Å². The summed E-state index contributed by atoms with van der Waals surface area (Å²) in [7, 11) is 0. The summed E-state index contributed by atoms with van der Waals surface area (Å²) in [5.41, 5.74) is 2.14. The zero-order chi connectivity index (χ0) is 19.1. The van der Waals surface area contributed by atoms with E-state index < -0.39 is 0 Å². The fourth-order valence-corrected chi connectivity index (χ4v) is 5.07. The van der Waals surface area contributed by atoms with Crippen LogP contribution in [-0.2, 0) is 0 Å². The van der Waals surface area contributed by atoms with E-state index in [2.05, 4.69) is 37.8 Å². The second kappa shape index (κ2) is 10.1. The Morgan fingerprint density at radius 1 is 0.926 bits per heavy atom. The molecule has 2 aliphatic carbocycles. The lowest BCUT2D eigenvalue weighted by molar-refractivity contribution is 0.104. The van der Waals surface area contributed by atoms with E-state index in [4.69, 9.17) is 0 Å². The lowest BCUT2D eigenvalue weighted by atomic mass is 9.77. The quantitative estimate of drug-likeness (QED) is 0.278. The average molecular weight is 365 g/mol. The predicted molar refractivity (Wildman–Crippen MR) is 115 cm³/mol. The van der Waals surface area contributed by atoms with Gasteiger partial charge >= 0.3 is 0 Å². The zero-order valence-corrected chi connectivity index (χ0v) is 17.0. The third-order valence-electron chi connectivity index (χ3n) is 6.87. The van der Waals surface area contributed by atoms with Gasteiger partial charge in [0.1, 0.15) is 0 Å². The first-order chi connectivity index (χ1) is 13.2. The van der Waals surface area contributed by atoms with Crippen LogP contribution in [0.1, 0.15) is 93.0 Å².